The van der Waals surface area contributed by atoms with E-state index in [0.717, 1.165) is 17.6 Å². The van der Waals surface area contributed by atoms with Crippen molar-refractivity contribution in [2.24, 2.45) is 5.92 Å². The second kappa shape index (κ2) is 7.10. The van der Waals surface area contributed by atoms with Crippen LogP contribution in [-0.4, -0.2) is 27.8 Å². The SMILES string of the molecule is CCCNC1CCC(C)CC1Sc1ncccn1. The molecule has 1 saturated carbocycles. The molecular formula is C14H23N3S. The van der Waals surface area contributed by atoms with Crippen LogP contribution in [-0.2, 0) is 0 Å². The monoisotopic (exact) mass is 265 g/mol. The number of hydrogen-bond acceptors (Lipinski definition) is 4. The molecule has 3 unspecified atom stereocenters. The molecule has 18 heavy (non-hydrogen) atoms. The van der Waals surface area contributed by atoms with Crippen LogP contribution in [0.3, 0.4) is 0 Å². The third-order valence-electron chi connectivity index (χ3n) is 3.51. The van der Waals surface area contributed by atoms with Crippen molar-refractivity contribution in [1.29, 1.82) is 0 Å². The fourth-order valence-corrected chi connectivity index (χ4v) is 3.84. The molecule has 4 heteroatoms. The van der Waals surface area contributed by atoms with Crippen molar-refractivity contribution in [2.75, 3.05) is 6.54 Å². The number of thioether (sulfide) groups is 1. The Balaban J connectivity index is 1.96. The lowest BCUT2D eigenvalue weighted by Crippen LogP contribution is -2.42. The highest BCUT2D eigenvalue weighted by molar-refractivity contribution is 7.99. The molecule has 3 atom stereocenters. The van der Waals surface area contributed by atoms with Crippen LogP contribution in [0, 0.1) is 5.92 Å². The molecule has 0 bridgehead atoms. The first kappa shape index (κ1) is 13.8. The van der Waals surface area contributed by atoms with Crippen LogP contribution in [0.25, 0.3) is 0 Å². The Kier molecular flexibility index (Phi) is 5.45. The zero-order valence-corrected chi connectivity index (χ0v) is 12.1. The number of nitrogens with one attached hydrogen (secondary N) is 1. The predicted molar refractivity (Wildman–Crippen MR) is 76.8 cm³/mol. The van der Waals surface area contributed by atoms with E-state index in [9.17, 15) is 0 Å². The smallest absolute Gasteiger partial charge is 0.187 e. The predicted octanol–water partition coefficient (Wildman–Crippen LogP) is 3.13. The molecule has 1 aromatic heterocycles. The third-order valence-corrected chi connectivity index (χ3v) is 4.75. The van der Waals surface area contributed by atoms with E-state index < -0.39 is 0 Å². The lowest BCUT2D eigenvalue weighted by molar-refractivity contribution is 0.317. The maximum absolute atomic E-state index is 4.34. The van der Waals surface area contributed by atoms with Gasteiger partial charge >= 0.3 is 0 Å². The van der Waals surface area contributed by atoms with Gasteiger partial charge in [-0.3, -0.25) is 0 Å². The Morgan fingerprint density at radius 2 is 2.11 bits per heavy atom. The number of nitrogens with zero attached hydrogens (tertiary/aromatic N) is 2. The van der Waals surface area contributed by atoms with Crippen LogP contribution in [0.1, 0.15) is 39.5 Å². The lowest BCUT2D eigenvalue weighted by atomic mass is 9.87. The van der Waals surface area contributed by atoms with Gasteiger partial charge in [0.05, 0.1) is 0 Å². The molecule has 1 aliphatic carbocycles. The summed E-state index contributed by atoms with van der Waals surface area (Å²) in [5, 5.41) is 5.22. The minimum atomic E-state index is 0.614. The first-order chi connectivity index (χ1) is 8.79. The molecule has 0 aromatic carbocycles. The largest absolute Gasteiger partial charge is 0.313 e. The van der Waals surface area contributed by atoms with E-state index in [1.807, 2.05) is 30.2 Å². The highest BCUT2D eigenvalue weighted by atomic mass is 32.2. The topological polar surface area (TPSA) is 37.8 Å². The van der Waals surface area contributed by atoms with Gasteiger partial charge in [0.2, 0.25) is 0 Å². The van der Waals surface area contributed by atoms with Crippen LogP contribution < -0.4 is 5.32 Å². The van der Waals surface area contributed by atoms with Crippen molar-refractivity contribution >= 4 is 11.8 Å². The number of aromatic nitrogens is 2. The summed E-state index contributed by atoms with van der Waals surface area (Å²) < 4.78 is 0. The van der Waals surface area contributed by atoms with Crippen molar-refractivity contribution in [1.82, 2.24) is 15.3 Å². The first-order valence-electron chi connectivity index (χ1n) is 6.96. The van der Waals surface area contributed by atoms with Gasteiger partial charge in [0, 0.05) is 23.7 Å². The summed E-state index contributed by atoms with van der Waals surface area (Å²) in [6.07, 6.45) is 8.75. The summed E-state index contributed by atoms with van der Waals surface area (Å²) in [7, 11) is 0. The van der Waals surface area contributed by atoms with Gasteiger partial charge in [0.1, 0.15) is 0 Å². The normalized spacial score (nSPS) is 28.2. The van der Waals surface area contributed by atoms with E-state index in [1.165, 1.54) is 25.7 Å². The van der Waals surface area contributed by atoms with Gasteiger partial charge in [-0.1, -0.05) is 25.6 Å². The third kappa shape index (κ3) is 3.95. The molecule has 0 radical (unpaired) electrons. The van der Waals surface area contributed by atoms with E-state index in [4.69, 9.17) is 0 Å². The Morgan fingerprint density at radius 1 is 1.33 bits per heavy atom. The molecule has 2 rings (SSSR count). The molecule has 1 heterocycles. The van der Waals surface area contributed by atoms with Crippen LogP contribution in [0.2, 0.25) is 0 Å². The summed E-state index contributed by atoms with van der Waals surface area (Å²) >= 11 is 1.84. The lowest BCUT2D eigenvalue weighted by Gasteiger charge is -2.34. The molecule has 1 aromatic rings. The maximum Gasteiger partial charge on any atom is 0.187 e. The van der Waals surface area contributed by atoms with Crippen LogP contribution in [0.4, 0.5) is 0 Å². The number of rotatable bonds is 5. The number of hydrogen-bond donors (Lipinski definition) is 1. The highest BCUT2D eigenvalue weighted by Crippen LogP contribution is 2.34. The van der Waals surface area contributed by atoms with E-state index in [1.54, 1.807) is 0 Å². The summed E-state index contributed by atoms with van der Waals surface area (Å²) in [5.74, 6) is 0.825. The fraction of sp³-hybridized carbons (Fsp3) is 0.714. The summed E-state index contributed by atoms with van der Waals surface area (Å²) in [4.78, 5) is 8.67. The van der Waals surface area contributed by atoms with Crippen molar-refractivity contribution in [3.8, 4) is 0 Å². The van der Waals surface area contributed by atoms with E-state index >= 15 is 0 Å². The Morgan fingerprint density at radius 3 is 2.83 bits per heavy atom. The van der Waals surface area contributed by atoms with Crippen LogP contribution in [0.5, 0.6) is 0 Å². The quantitative estimate of drug-likeness (QED) is 0.830. The zero-order valence-electron chi connectivity index (χ0n) is 11.3. The molecule has 0 saturated heterocycles. The Hall–Kier alpha value is -0.610. The van der Waals surface area contributed by atoms with Crippen molar-refractivity contribution in [3.05, 3.63) is 18.5 Å². The van der Waals surface area contributed by atoms with Gasteiger partial charge in [0.15, 0.2) is 5.16 Å². The molecule has 100 valence electrons. The average Bonchev–Trinajstić information content (AvgIpc) is 2.39. The molecule has 0 aliphatic heterocycles. The second-order valence-electron chi connectivity index (χ2n) is 5.17. The standard InChI is InChI=1S/C14H23N3S/c1-3-7-15-12-6-5-11(2)10-13(12)18-14-16-8-4-9-17-14/h4,8-9,11-13,15H,3,5-7,10H2,1-2H3. The van der Waals surface area contributed by atoms with Crippen LogP contribution in [0.15, 0.2) is 23.6 Å². The zero-order chi connectivity index (χ0) is 12.8. The molecule has 1 N–H and O–H groups in total. The Bertz CT molecular complexity index is 342. The highest BCUT2D eigenvalue weighted by Gasteiger charge is 2.29. The average molecular weight is 265 g/mol. The minimum absolute atomic E-state index is 0.614. The van der Waals surface area contributed by atoms with E-state index in [0.29, 0.717) is 11.3 Å². The molecule has 1 aliphatic rings. The summed E-state index contributed by atoms with van der Waals surface area (Å²) in [6, 6.07) is 2.50. The van der Waals surface area contributed by atoms with Gasteiger partial charge in [-0.05, 0) is 44.2 Å². The van der Waals surface area contributed by atoms with E-state index in [-0.39, 0.29) is 0 Å². The minimum Gasteiger partial charge on any atom is -0.313 e. The van der Waals surface area contributed by atoms with Crippen molar-refractivity contribution in [2.45, 2.75) is 56.0 Å². The maximum atomic E-state index is 4.34. The molecule has 3 nitrogen and oxygen atoms in total. The van der Waals surface area contributed by atoms with Crippen molar-refractivity contribution in [3.63, 3.8) is 0 Å². The van der Waals surface area contributed by atoms with Crippen LogP contribution >= 0.6 is 11.8 Å². The molecule has 1 fully saturated rings. The fourth-order valence-electron chi connectivity index (χ4n) is 2.50. The first-order valence-corrected chi connectivity index (χ1v) is 7.84. The Labute approximate surface area is 114 Å². The van der Waals surface area contributed by atoms with Gasteiger partial charge in [-0.25, -0.2) is 9.97 Å². The summed E-state index contributed by atoms with van der Waals surface area (Å²) in [6.45, 7) is 5.70. The molecule has 0 amide bonds. The van der Waals surface area contributed by atoms with Gasteiger partial charge in [0.25, 0.3) is 0 Å². The van der Waals surface area contributed by atoms with E-state index in [2.05, 4.69) is 29.1 Å². The summed E-state index contributed by atoms with van der Waals surface area (Å²) in [5.41, 5.74) is 0. The van der Waals surface area contributed by atoms with Gasteiger partial charge < -0.3 is 5.32 Å². The second-order valence-corrected chi connectivity index (χ2v) is 6.37. The van der Waals surface area contributed by atoms with Crippen molar-refractivity contribution < 1.29 is 0 Å². The van der Waals surface area contributed by atoms with Gasteiger partial charge in [-0.15, -0.1) is 0 Å². The molecule has 0 spiro atoms. The van der Waals surface area contributed by atoms with Gasteiger partial charge in [-0.2, -0.15) is 0 Å². The molecular weight excluding hydrogens is 242 g/mol.